The van der Waals surface area contributed by atoms with E-state index in [1.165, 1.54) is 26.0 Å². The largest absolute Gasteiger partial charge is 0.381 e. The Morgan fingerprint density at radius 2 is 1.47 bits per heavy atom. The second kappa shape index (κ2) is 4.74. The number of aryl methyl sites for hydroxylation is 2. The first-order valence-corrected chi connectivity index (χ1v) is 6.09. The minimum absolute atomic E-state index is 0.0510. The van der Waals surface area contributed by atoms with Gasteiger partial charge in [-0.25, -0.2) is 8.78 Å². The van der Waals surface area contributed by atoms with E-state index in [1.807, 2.05) is 19.1 Å². The molecule has 0 fully saturated rings. The summed E-state index contributed by atoms with van der Waals surface area (Å²) >= 11 is 0. The molecule has 0 saturated heterocycles. The van der Waals surface area contributed by atoms with Gasteiger partial charge in [0.25, 0.3) is 0 Å². The smallest absolute Gasteiger partial charge is 0.165 e. The maximum absolute atomic E-state index is 14.0. The monoisotopic (exact) mass is 262 g/mol. The fourth-order valence-electron chi connectivity index (χ4n) is 2.29. The molecule has 2 aromatic rings. The zero-order valence-corrected chi connectivity index (χ0v) is 11.2. The van der Waals surface area contributed by atoms with Crippen LogP contribution >= 0.6 is 0 Å². The van der Waals surface area contributed by atoms with E-state index >= 15 is 0 Å². The topological polar surface area (TPSA) is 20.2 Å². The van der Waals surface area contributed by atoms with Gasteiger partial charge in [0.2, 0.25) is 0 Å². The molecular weight excluding hydrogens is 246 g/mol. The van der Waals surface area contributed by atoms with Crippen LogP contribution in [0.3, 0.4) is 0 Å². The van der Waals surface area contributed by atoms with Gasteiger partial charge >= 0.3 is 0 Å². The van der Waals surface area contributed by atoms with E-state index in [0.717, 1.165) is 5.56 Å². The van der Waals surface area contributed by atoms with E-state index in [2.05, 4.69) is 0 Å². The van der Waals surface area contributed by atoms with E-state index in [9.17, 15) is 13.9 Å². The maximum Gasteiger partial charge on any atom is 0.165 e. The van der Waals surface area contributed by atoms with E-state index in [0.29, 0.717) is 5.56 Å². The van der Waals surface area contributed by atoms with Gasteiger partial charge < -0.3 is 5.11 Å². The summed E-state index contributed by atoms with van der Waals surface area (Å²) in [6.45, 7) is 4.79. The van der Waals surface area contributed by atoms with Crippen molar-refractivity contribution in [2.24, 2.45) is 0 Å². The zero-order chi connectivity index (χ0) is 14.2. The van der Waals surface area contributed by atoms with Crippen LogP contribution in [-0.4, -0.2) is 5.11 Å². The molecule has 2 rings (SSSR count). The van der Waals surface area contributed by atoms with Gasteiger partial charge in [-0.05, 0) is 37.5 Å². The molecular formula is C16H16F2O. The van der Waals surface area contributed by atoms with Crippen molar-refractivity contribution in [3.63, 3.8) is 0 Å². The van der Waals surface area contributed by atoms with Crippen LogP contribution in [-0.2, 0) is 5.60 Å². The number of hydrogen-bond acceptors (Lipinski definition) is 1. The zero-order valence-electron chi connectivity index (χ0n) is 11.2. The fraction of sp³-hybridized carbons (Fsp3) is 0.250. The first kappa shape index (κ1) is 13.7. The molecule has 0 spiro atoms. The molecule has 1 unspecified atom stereocenters. The lowest BCUT2D eigenvalue weighted by molar-refractivity contribution is 0.0963. The van der Waals surface area contributed by atoms with Crippen molar-refractivity contribution in [3.8, 4) is 0 Å². The molecule has 0 amide bonds. The first-order valence-electron chi connectivity index (χ1n) is 6.09. The number of aliphatic hydroxyl groups is 1. The highest BCUT2D eigenvalue weighted by atomic mass is 19.2. The lowest BCUT2D eigenvalue weighted by Crippen LogP contribution is -2.26. The Morgan fingerprint density at radius 3 is 2.11 bits per heavy atom. The standard InChI is InChI=1S/C16H16F2O/c1-10-6-4-5-7-12(10)16(3,19)13-9-8-11(2)14(17)15(13)18/h4-9,19H,1-3H3. The lowest BCUT2D eigenvalue weighted by Gasteiger charge is -2.27. The van der Waals surface area contributed by atoms with Crippen LogP contribution in [0.4, 0.5) is 8.78 Å². The molecule has 1 atom stereocenters. The van der Waals surface area contributed by atoms with Gasteiger partial charge in [0.1, 0.15) is 5.60 Å². The number of hydrogen-bond donors (Lipinski definition) is 1. The first-order chi connectivity index (χ1) is 8.85. The third kappa shape index (κ3) is 2.26. The maximum atomic E-state index is 14.0. The molecule has 3 heteroatoms. The minimum atomic E-state index is -1.57. The van der Waals surface area contributed by atoms with Crippen molar-refractivity contribution < 1.29 is 13.9 Å². The Kier molecular flexibility index (Phi) is 3.42. The normalized spacial score (nSPS) is 14.2. The third-order valence-corrected chi connectivity index (χ3v) is 3.47. The van der Waals surface area contributed by atoms with Crippen molar-refractivity contribution >= 4 is 0 Å². The lowest BCUT2D eigenvalue weighted by atomic mass is 9.85. The van der Waals surface area contributed by atoms with E-state index in [4.69, 9.17) is 0 Å². The predicted molar refractivity (Wildman–Crippen MR) is 70.9 cm³/mol. The van der Waals surface area contributed by atoms with Gasteiger partial charge in [0.15, 0.2) is 11.6 Å². The fourth-order valence-corrected chi connectivity index (χ4v) is 2.29. The molecule has 0 heterocycles. The van der Waals surface area contributed by atoms with E-state index in [-0.39, 0.29) is 11.1 Å². The summed E-state index contributed by atoms with van der Waals surface area (Å²) in [5.74, 6) is -1.90. The average molecular weight is 262 g/mol. The molecule has 1 nitrogen and oxygen atoms in total. The summed E-state index contributed by atoms with van der Waals surface area (Å²) in [5.41, 5.74) is 0.000944. The molecule has 0 aliphatic carbocycles. The van der Waals surface area contributed by atoms with Gasteiger partial charge in [0.05, 0.1) is 0 Å². The van der Waals surface area contributed by atoms with Crippen LogP contribution in [0.2, 0.25) is 0 Å². The van der Waals surface area contributed by atoms with Crippen LogP contribution in [0.25, 0.3) is 0 Å². The van der Waals surface area contributed by atoms with Gasteiger partial charge in [-0.15, -0.1) is 0 Å². The average Bonchev–Trinajstić information content (AvgIpc) is 2.36. The van der Waals surface area contributed by atoms with Crippen molar-refractivity contribution in [3.05, 3.63) is 70.3 Å². The van der Waals surface area contributed by atoms with Crippen molar-refractivity contribution in [2.45, 2.75) is 26.4 Å². The predicted octanol–water partition coefficient (Wildman–Crippen LogP) is 3.84. The Hall–Kier alpha value is -1.74. The van der Waals surface area contributed by atoms with Gasteiger partial charge in [-0.2, -0.15) is 0 Å². The molecule has 0 aromatic heterocycles. The number of halogens is 2. The summed E-state index contributed by atoms with van der Waals surface area (Å²) < 4.78 is 27.7. The number of benzene rings is 2. The molecule has 0 aliphatic heterocycles. The molecule has 0 saturated carbocycles. The van der Waals surface area contributed by atoms with Crippen molar-refractivity contribution in [1.82, 2.24) is 0 Å². The van der Waals surface area contributed by atoms with Crippen molar-refractivity contribution in [1.29, 1.82) is 0 Å². The van der Waals surface area contributed by atoms with E-state index in [1.54, 1.807) is 12.1 Å². The Labute approximate surface area is 111 Å². The van der Waals surface area contributed by atoms with Crippen molar-refractivity contribution in [2.75, 3.05) is 0 Å². The second-order valence-corrected chi connectivity index (χ2v) is 4.95. The summed E-state index contributed by atoms with van der Waals surface area (Å²) in [5, 5.41) is 10.6. The SMILES string of the molecule is Cc1ccccc1C(C)(O)c1ccc(C)c(F)c1F. The Bertz CT molecular complexity index is 618. The van der Waals surface area contributed by atoms with Crippen LogP contribution in [0.15, 0.2) is 36.4 Å². The highest BCUT2D eigenvalue weighted by molar-refractivity contribution is 5.41. The summed E-state index contributed by atoms with van der Waals surface area (Å²) in [6, 6.07) is 10.0. The van der Waals surface area contributed by atoms with Gasteiger partial charge in [-0.3, -0.25) is 0 Å². The molecule has 0 aliphatic rings. The van der Waals surface area contributed by atoms with Crippen LogP contribution in [0, 0.1) is 25.5 Å². The summed E-state index contributed by atoms with van der Waals surface area (Å²) in [7, 11) is 0. The summed E-state index contributed by atoms with van der Waals surface area (Å²) in [6.07, 6.45) is 0. The Morgan fingerprint density at radius 1 is 0.842 bits per heavy atom. The minimum Gasteiger partial charge on any atom is -0.381 e. The molecule has 1 N–H and O–H groups in total. The van der Waals surface area contributed by atoms with Gasteiger partial charge in [0, 0.05) is 5.56 Å². The Balaban J connectivity index is 2.64. The number of rotatable bonds is 2. The molecule has 19 heavy (non-hydrogen) atoms. The van der Waals surface area contributed by atoms with Crippen LogP contribution in [0.5, 0.6) is 0 Å². The molecule has 2 aromatic carbocycles. The van der Waals surface area contributed by atoms with E-state index < -0.39 is 17.2 Å². The quantitative estimate of drug-likeness (QED) is 0.872. The second-order valence-electron chi connectivity index (χ2n) is 4.95. The summed E-state index contributed by atoms with van der Waals surface area (Å²) in [4.78, 5) is 0. The molecule has 100 valence electrons. The highest BCUT2D eigenvalue weighted by Gasteiger charge is 2.31. The molecule has 0 radical (unpaired) electrons. The van der Waals surface area contributed by atoms with Gasteiger partial charge in [-0.1, -0.05) is 36.4 Å². The molecule has 0 bridgehead atoms. The highest BCUT2D eigenvalue weighted by Crippen LogP contribution is 2.34. The third-order valence-electron chi connectivity index (χ3n) is 3.47. The van der Waals surface area contributed by atoms with Crippen LogP contribution < -0.4 is 0 Å². The van der Waals surface area contributed by atoms with Crippen LogP contribution in [0.1, 0.15) is 29.2 Å².